The lowest BCUT2D eigenvalue weighted by atomic mass is 10.2. The molecule has 0 fully saturated rings. The number of thiazole rings is 1. The number of fused-ring (bicyclic) bond motifs is 1. The zero-order valence-electron chi connectivity index (χ0n) is 19.8. The molecule has 0 aliphatic heterocycles. The Morgan fingerprint density at radius 1 is 1.16 bits per heavy atom. The van der Waals surface area contributed by atoms with Crippen molar-refractivity contribution >= 4 is 61.2 Å². The number of nitro groups is 1. The first-order chi connectivity index (χ1) is 18.2. The van der Waals surface area contributed by atoms with Gasteiger partial charge in [0.25, 0.3) is 11.6 Å². The summed E-state index contributed by atoms with van der Waals surface area (Å²) < 4.78 is 37.9. The van der Waals surface area contributed by atoms with Crippen LogP contribution >= 0.6 is 23.1 Å². The summed E-state index contributed by atoms with van der Waals surface area (Å²) in [7, 11) is -4.37. The van der Waals surface area contributed by atoms with Gasteiger partial charge in [-0.05, 0) is 48.9 Å². The van der Waals surface area contributed by atoms with E-state index in [1.807, 2.05) is 24.3 Å². The van der Waals surface area contributed by atoms with Crippen LogP contribution in [-0.2, 0) is 14.9 Å². The molecule has 14 heteroatoms. The number of rotatable bonds is 11. The predicted octanol–water partition coefficient (Wildman–Crippen LogP) is 4.61. The number of benzene rings is 3. The molecule has 0 unspecified atom stereocenters. The maximum absolute atomic E-state index is 12.7. The molecule has 0 aliphatic rings. The van der Waals surface area contributed by atoms with Crippen LogP contribution in [0.5, 0.6) is 11.5 Å². The van der Waals surface area contributed by atoms with E-state index in [0.717, 1.165) is 20.6 Å². The van der Waals surface area contributed by atoms with Crippen LogP contribution in [0.4, 0.5) is 5.69 Å². The second-order valence-electron chi connectivity index (χ2n) is 7.46. The largest absolute Gasteiger partial charge is 0.490 e. The highest BCUT2D eigenvalue weighted by atomic mass is 32.2. The number of hydrazone groups is 1. The van der Waals surface area contributed by atoms with Crippen molar-refractivity contribution in [1.82, 2.24) is 10.4 Å². The number of amides is 1. The van der Waals surface area contributed by atoms with Crippen LogP contribution in [0.2, 0.25) is 0 Å². The van der Waals surface area contributed by atoms with Crippen molar-refractivity contribution in [2.75, 3.05) is 12.4 Å². The van der Waals surface area contributed by atoms with Gasteiger partial charge in [0.2, 0.25) is 0 Å². The normalized spacial score (nSPS) is 11.5. The second kappa shape index (κ2) is 12.0. The molecule has 0 saturated carbocycles. The van der Waals surface area contributed by atoms with Crippen molar-refractivity contribution in [3.8, 4) is 11.5 Å². The molecule has 1 heterocycles. The highest BCUT2D eigenvalue weighted by Gasteiger charge is 2.22. The van der Waals surface area contributed by atoms with Gasteiger partial charge in [-0.1, -0.05) is 30.0 Å². The Kier molecular flexibility index (Phi) is 8.55. The third-order valence-corrected chi connectivity index (χ3v) is 8.20. The molecule has 38 heavy (non-hydrogen) atoms. The molecule has 1 N–H and O–H groups in total. The first-order valence-corrected chi connectivity index (χ1v) is 14.2. The number of hydrogen-bond acceptors (Lipinski definition) is 11. The Morgan fingerprint density at radius 2 is 1.97 bits per heavy atom. The molecule has 11 nitrogen and oxygen atoms in total. The Hall–Kier alpha value is -4.01. The van der Waals surface area contributed by atoms with Crippen molar-refractivity contribution in [2.24, 2.45) is 5.10 Å². The van der Waals surface area contributed by atoms with Crippen molar-refractivity contribution in [1.29, 1.82) is 0 Å². The van der Waals surface area contributed by atoms with Gasteiger partial charge in [-0.3, -0.25) is 14.9 Å². The molecule has 0 radical (unpaired) electrons. The predicted molar refractivity (Wildman–Crippen MR) is 145 cm³/mol. The summed E-state index contributed by atoms with van der Waals surface area (Å²) in [6.45, 7) is 1.93. The van der Waals surface area contributed by atoms with Crippen molar-refractivity contribution in [3.63, 3.8) is 0 Å². The van der Waals surface area contributed by atoms with Gasteiger partial charge >= 0.3 is 10.1 Å². The minimum absolute atomic E-state index is 0.105. The molecule has 0 atom stereocenters. The quantitative estimate of drug-likeness (QED) is 0.0893. The standard InChI is InChI=1S/C24H20N4O7S3/c1-2-34-21-12-16(10-11-20(21)35-38(32,33)18-7-5-6-17(13-18)28(30)31)14-25-27-23(29)15-36-24-26-19-8-3-4-9-22(19)37-24/h3-14H,2,15H2,1H3,(H,27,29)/b25-14-. The van der Waals surface area contributed by atoms with E-state index < -0.39 is 15.0 Å². The van der Waals surface area contributed by atoms with Crippen molar-refractivity contribution < 1.29 is 27.1 Å². The highest BCUT2D eigenvalue weighted by molar-refractivity contribution is 8.01. The van der Waals surface area contributed by atoms with Gasteiger partial charge in [0.1, 0.15) is 4.90 Å². The third-order valence-electron chi connectivity index (χ3n) is 4.79. The Labute approximate surface area is 225 Å². The summed E-state index contributed by atoms with van der Waals surface area (Å²) in [5.41, 5.74) is 3.45. The zero-order valence-corrected chi connectivity index (χ0v) is 22.2. The number of nitro benzene ring substituents is 1. The minimum Gasteiger partial charge on any atom is -0.490 e. The third kappa shape index (κ3) is 6.85. The molecule has 0 spiro atoms. The number of carbonyl (C=O) groups excluding carboxylic acids is 1. The van der Waals surface area contributed by atoms with Gasteiger partial charge in [-0.2, -0.15) is 13.5 Å². The minimum atomic E-state index is -4.37. The molecule has 1 aromatic heterocycles. The number of non-ortho nitro benzene ring substituents is 1. The van der Waals surface area contributed by atoms with E-state index in [2.05, 4.69) is 15.5 Å². The van der Waals surface area contributed by atoms with E-state index in [4.69, 9.17) is 8.92 Å². The first kappa shape index (κ1) is 27.0. The zero-order chi connectivity index (χ0) is 27.1. The number of aromatic nitrogens is 1. The van der Waals surface area contributed by atoms with Gasteiger partial charge in [0, 0.05) is 12.1 Å². The van der Waals surface area contributed by atoms with Crippen LogP contribution in [0.3, 0.4) is 0 Å². The van der Waals surface area contributed by atoms with Gasteiger partial charge in [0.15, 0.2) is 15.8 Å². The fourth-order valence-corrected chi connectivity index (χ4v) is 5.95. The van der Waals surface area contributed by atoms with Gasteiger partial charge in [-0.15, -0.1) is 11.3 Å². The molecule has 0 aliphatic carbocycles. The molecule has 196 valence electrons. The van der Waals surface area contributed by atoms with E-state index in [1.54, 1.807) is 6.92 Å². The number of carbonyl (C=O) groups is 1. The van der Waals surface area contributed by atoms with E-state index in [0.29, 0.717) is 5.56 Å². The maximum Gasteiger partial charge on any atom is 0.339 e. The summed E-state index contributed by atoms with van der Waals surface area (Å²) in [6, 6.07) is 16.6. The van der Waals surface area contributed by atoms with Crippen molar-refractivity contribution in [3.05, 3.63) is 82.4 Å². The molecular weight excluding hydrogens is 552 g/mol. The lowest BCUT2D eigenvalue weighted by molar-refractivity contribution is -0.385. The van der Waals surface area contributed by atoms with E-state index in [9.17, 15) is 23.3 Å². The van der Waals surface area contributed by atoms with Crippen molar-refractivity contribution in [2.45, 2.75) is 16.2 Å². The average molecular weight is 573 g/mol. The van der Waals surface area contributed by atoms with Crippen LogP contribution in [0.25, 0.3) is 10.2 Å². The second-order valence-corrected chi connectivity index (χ2v) is 11.3. The smallest absolute Gasteiger partial charge is 0.339 e. The van der Waals surface area contributed by atoms with Crippen LogP contribution in [-0.4, -0.2) is 42.8 Å². The average Bonchev–Trinajstić information content (AvgIpc) is 3.32. The SMILES string of the molecule is CCOc1cc(/C=N\NC(=O)CSc2nc3ccccc3s2)ccc1OS(=O)(=O)c1cccc([N+](=O)[O-])c1. The van der Waals surface area contributed by atoms with Gasteiger partial charge in [0.05, 0.1) is 33.7 Å². The van der Waals surface area contributed by atoms with E-state index in [1.165, 1.54) is 65.7 Å². The van der Waals surface area contributed by atoms with Gasteiger partial charge < -0.3 is 8.92 Å². The molecular formula is C24H20N4O7S3. The summed E-state index contributed by atoms with van der Waals surface area (Å²) in [6.07, 6.45) is 1.38. The molecule has 0 bridgehead atoms. The number of thioether (sulfide) groups is 1. The summed E-state index contributed by atoms with van der Waals surface area (Å²) in [5.74, 6) is -0.183. The number of nitrogens with zero attached hydrogens (tertiary/aromatic N) is 3. The van der Waals surface area contributed by atoms with E-state index >= 15 is 0 Å². The monoisotopic (exact) mass is 572 g/mol. The molecule has 3 aromatic carbocycles. The summed E-state index contributed by atoms with van der Waals surface area (Å²) in [4.78, 5) is 26.6. The van der Waals surface area contributed by atoms with Gasteiger partial charge in [-0.25, -0.2) is 10.4 Å². The fraction of sp³-hybridized carbons (Fsp3) is 0.125. The summed E-state index contributed by atoms with van der Waals surface area (Å²) >= 11 is 2.81. The topological polar surface area (TPSA) is 150 Å². The Bertz CT molecular complexity index is 1590. The number of nitrogens with one attached hydrogen (secondary N) is 1. The van der Waals surface area contributed by atoms with Crippen LogP contribution in [0.15, 0.2) is 81.1 Å². The fourth-order valence-electron chi connectivity index (χ4n) is 3.11. The molecule has 0 saturated heterocycles. The first-order valence-electron chi connectivity index (χ1n) is 11.0. The molecule has 1 amide bonds. The Morgan fingerprint density at radius 3 is 2.74 bits per heavy atom. The summed E-state index contributed by atoms with van der Waals surface area (Å²) in [5, 5.41) is 14.9. The lowest BCUT2D eigenvalue weighted by Gasteiger charge is -2.12. The number of hydrogen-bond donors (Lipinski definition) is 1. The van der Waals surface area contributed by atoms with Crippen LogP contribution in [0.1, 0.15) is 12.5 Å². The van der Waals surface area contributed by atoms with Crippen LogP contribution in [0, 0.1) is 10.1 Å². The Balaban J connectivity index is 1.39. The maximum atomic E-state index is 12.7. The molecule has 4 rings (SSSR count). The molecule has 4 aromatic rings. The highest BCUT2D eigenvalue weighted by Crippen LogP contribution is 2.32. The van der Waals surface area contributed by atoms with Crippen LogP contribution < -0.4 is 14.3 Å². The number of para-hydroxylation sites is 1. The number of ether oxygens (including phenoxy) is 1. The van der Waals surface area contributed by atoms with E-state index in [-0.39, 0.29) is 40.3 Å². The lowest BCUT2D eigenvalue weighted by Crippen LogP contribution is -2.19.